The number of carbonyl (C=O) groups excluding carboxylic acids is 1. The smallest absolute Gasteiger partial charge is 0.422 e. The lowest BCUT2D eigenvalue weighted by Crippen LogP contribution is -2.46. The summed E-state index contributed by atoms with van der Waals surface area (Å²) in [5.74, 6) is 0.0662. The van der Waals surface area contributed by atoms with Crippen molar-refractivity contribution in [3.05, 3.63) is 35.9 Å². The van der Waals surface area contributed by atoms with Crippen molar-refractivity contribution in [1.82, 2.24) is 0 Å². The van der Waals surface area contributed by atoms with Crippen molar-refractivity contribution in [2.75, 3.05) is 6.61 Å². The summed E-state index contributed by atoms with van der Waals surface area (Å²) >= 11 is 0. The van der Waals surface area contributed by atoms with Crippen LogP contribution in [0.3, 0.4) is 0 Å². The Morgan fingerprint density at radius 2 is 1.86 bits per heavy atom. The zero-order valence-corrected chi connectivity index (χ0v) is 13.4. The van der Waals surface area contributed by atoms with Crippen LogP contribution in [0, 0.1) is 5.92 Å². The molecule has 1 fully saturated rings. The van der Waals surface area contributed by atoms with Crippen LogP contribution in [0.1, 0.15) is 46.3 Å². The van der Waals surface area contributed by atoms with Gasteiger partial charge in [0.25, 0.3) is 0 Å². The van der Waals surface area contributed by atoms with Crippen molar-refractivity contribution in [2.24, 2.45) is 5.92 Å². The summed E-state index contributed by atoms with van der Waals surface area (Å²) in [6.07, 6.45) is -1.08. The second-order valence-corrected chi connectivity index (χ2v) is 6.77. The van der Waals surface area contributed by atoms with Crippen molar-refractivity contribution < 1.29 is 19.0 Å². The van der Waals surface area contributed by atoms with Crippen LogP contribution in [0.5, 0.6) is 0 Å². The second-order valence-electron chi connectivity index (χ2n) is 6.77. The van der Waals surface area contributed by atoms with Crippen molar-refractivity contribution in [1.29, 1.82) is 0 Å². The van der Waals surface area contributed by atoms with E-state index in [-0.39, 0.29) is 11.5 Å². The summed E-state index contributed by atoms with van der Waals surface area (Å²) in [6, 6.07) is 9.68. The van der Waals surface area contributed by atoms with Crippen LogP contribution in [0.15, 0.2) is 30.3 Å². The molecule has 2 atom stereocenters. The van der Waals surface area contributed by atoms with Gasteiger partial charge in [0.1, 0.15) is 0 Å². The zero-order chi connectivity index (χ0) is 15.7. The molecule has 21 heavy (non-hydrogen) atoms. The Balaban J connectivity index is 2.34. The Bertz CT molecular complexity index is 489. The third-order valence-corrected chi connectivity index (χ3v) is 3.74. The molecule has 1 aromatic carbocycles. The third kappa shape index (κ3) is 3.38. The Labute approximate surface area is 126 Å². The van der Waals surface area contributed by atoms with Crippen molar-refractivity contribution in [2.45, 2.75) is 51.9 Å². The number of hydrogen-bond acceptors (Lipinski definition) is 4. The normalized spacial score (nSPS) is 25.8. The molecule has 0 amide bonds. The average Bonchev–Trinajstić information content (AvgIpc) is 2.75. The van der Waals surface area contributed by atoms with Crippen LogP contribution < -0.4 is 0 Å². The van der Waals surface area contributed by atoms with Gasteiger partial charge in [0, 0.05) is 0 Å². The van der Waals surface area contributed by atoms with E-state index < -0.39 is 17.9 Å². The molecule has 1 aliphatic heterocycles. The molecule has 0 N–H and O–H groups in total. The molecule has 0 unspecified atom stereocenters. The molecule has 0 aromatic heterocycles. The quantitative estimate of drug-likeness (QED) is 0.784. The Morgan fingerprint density at radius 3 is 2.38 bits per heavy atom. The van der Waals surface area contributed by atoms with Gasteiger partial charge in [0.05, 0.1) is 12.2 Å². The van der Waals surface area contributed by atoms with Crippen LogP contribution in [0.25, 0.3) is 0 Å². The molecule has 0 bridgehead atoms. The maximum absolute atomic E-state index is 11.8. The second kappa shape index (κ2) is 5.68. The van der Waals surface area contributed by atoms with E-state index in [1.165, 1.54) is 0 Å². The van der Waals surface area contributed by atoms with Gasteiger partial charge in [-0.25, -0.2) is 4.79 Å². The van der Waals surface area contributed by atoms with Gasteiger partial charge >= 0.3 is 6.16 Å². The molecule has 0 saturated carbocycles. The van der Waals surface area contributed by atoms with E-state index in [0.29, 0.717) is 6.61 Å². The summed E-state index contributed by atoms with van der Waals surface area (Å²) in [4.78, 5) is 11.8. The van der Waals surface area contributed by atoms with Gasteiger partial charge in [-0.3, -0.25) is 0 Å². The molecule has 4 nitrogen and oxygen atoms in total. The van der Waals surface area contributed by atoms with Gasteiger partial charge in [-0.2, -0.15) is 0 Å². The fourth-order valence-electron chi connectivity index (χ4n) is 2.43. The highest BCUT2D eigenvalue weighted by atomic mass is 16.8. The van der Waals surface area contributed by atoms with Crippen LogP contribution in [0.2, 0.25) is 0 Å². The third-order valence-electron chi connectivity index (χ3n) is 3.74. The van der Waals surface area contributed by atoms with Crippen LogP contribution in [-0.2, 0) is 14.2 Å². The Kier molecular flexibility index (Phi) is 4.28. The molecule has 1 saturated heterocycles. The summed E-state index contributed by atoms with van der Waals surface area (Å²) in [7, 11) is 0. The number of rotatable bonds is 4. The number of carbonyl (C=O) groups is 1. The first-order valence-electron chi connectivity index (χ1n) is 7.33. The molecule has 0 radical (unpaired) electrons. The fourth-order valence-corrected chi connectivity index (χ4v) is 2.43. The summed E-state index contributed by atoms with van der Waals surface area (Å²) in [6.45, 7) is 10.3. The van der Waals surface area contributed by atoms with E-state index in [2.05, 4.69) is 0 Å². The first-order chi connectivity index (χ1) is 9.74. The summed E-state index contributed by atoms with van der Waals surface area (Å²) in [5, 5.41) is 0. The lowest BCUT2D eigenvalue weighted by molar-refractivity contribution is -0.122. The number of cyclic esters (lactones) is 2. The number of benzene rings is 1. The molecular formula is C17H24O4. The number of hydrogen-bond donors (Lipinski definition) is 0. The maximum atomic E-state index is 11.8. The van der Waals surface area contributed by atoms with Gasteiger partial charge in [-0.1, -0.05) is 44.2 Å². The minimum Gasteiger partial charge on any atom is -0.422 e. The highest BCUT2D eigenvalue weighted by Crippen LogP contribution is 2.44. The van der Waals surface area contributed by atoms with E-state index in [0.717, 1.165) is 5.56 Å². The van der Waals surface area contributed by atoms with Crippen LogP contribution in [0.4, 0.5) is 4.79 Å². The van der Waals surface area contributed by atoms with E-state index >= 15 is 0 Å². The number of ether oxygens (including phenoxy) is 3. The van der Waals surface area contributed by atoms with E-state index in [4.69, 9.17) is 14.2 Å². The Hall–Kier alpha value is -1.55. The van der Waals surface area contributed by atoms with Crippen molar-refractivity contribution >= 4 is 6.16 Å². The molecule has 0 spiro atoms. The Morgan fingerprint density at radius 1 is 1.24 bits per heavy atom. The van der Waals surface area contributed by atoms with Crippen LogP contribution in [-0.4, -0.2) is 24.0 Å². The van der Waals surface area contributed by atoms with Crippen molar-refractivity contribution in [3.8, 4) is 0 Å². The monoisotopic (exact) mass is 292 g/mol. The minimum absolute atomic E-state index is 0.0662. The van der Waals surface area contributed by atoms with Gasteiger partial charge in [-0.05, 0) is 32.3 Å². The average molecular weight is 292 g/mol. The first-order valence-corrected chi connectivity index (χ1v) is 7.33. The van der Waals surface area contributed by atoms with Gasteiger partial charge in [0.15, 0.2) is 11.7 Å². The predicted octanol–water partition coefficient (Wildman–Crippen LogP) is 4.10. The standard InChI is InChI=1S/C17H24O4/c1-12(2)17(11-19-16(3,4)5)14(20-15(18)21-17)13-9-7-6-8-10-13/h6-10,12,14H,11H2,1-5H3/t14-,17+/m1/s1. The SMILES string of the molecule is CC(C)[C@]1(COC(C)(C)C)OC(=O)O[C@@H]1c1ccccc1. The molecule has 4 heteroatoms. The molecule has 1 aromatic rings. The van der Waals surface area contributed by atoms with E-state index in [1.807, 2.05) is 65.0 Å². The van der Waals surface area contributed by atoms with E-state index in [1.54, 1.807) is 0 Å². The maximum Gasteiger partial charge on any atom is 0.509 e. The molecule has 0 aliphatic carbocycles. The molecule has 1 aliphatic rings. The molecule has 2 rings (SSSR count). The molecule has 1 heterocycles. The van der Waals surface area contributed by atoms with Crippen molar-refractivity contribution in [3.63, 3.8) is 0 Å². The highest BCUT2D eigenvalue weighted by Gasteiger charge is 2.55. The lowest BCUT2D eigenvalue weighted by atomic mass is 9.82. The molecular weight excluding hydrogens is 268 g/mol. The summed E-state index contributed by atoms with van der Waals surface area (Å²) in [5.41, 5.74) is -0.182. The van der Waals surface area contributed by atoms with Gasteiger partial charge in [0.2, 0.25) is 0 Å². The van der Waals surface area contributed by atoms with E-state index in [9.17, 15) is 4.79 Å². The van der Waals surface area contributed by atoms with Crippen LogP contribution >= 0.6 is 0 Å². The lowest BCUT2D eigenvalue weighted by Gasteiger charge is -2.36. The molecule has 116 valence electrons. The highest BCUT2D eigenvalue weighted by molar-refractivity contribution is 5.64. The first kappa shape index (κ1) is 15.8. The summed E-state index contributed by atoms with van der Waals surface area (Å²) < 4.78 is 17.0. The topological polar surface area (TPSA) is 44.8 Å². The van der Waals surface area contributed by atoms with Gasteiger partial charge < -0.3 is 14.2 Å². The predicted molar refractivity (Wildman–Crippen MR) is 80.0 cm³/mol. The fraction of sp³-hybridized carbons (Fsp3) is 0.588. The van der Waals surface area contributed by atoms with Gasteiger partial charge in [-0.15, -0.1) is 0 Å². The largest absolute Gasteiger partial charge is 0.509 e. The zero-order valence-electron chi connectivity index (χ0n) is 13.4. The minimum atomic E-state index is -0.800.